The van der Waals surface area contributed by atoms with Gasteiger partial charge in [-0.05, 0) is 0 Å². The van der Waals surface area contributed by atoms with Crippen molar-refractivity contribution >= 4 is 17.9 Å². The summed E-state index contributed by atoms with van der Waals surface area (Å²) in [5.74, 6) is -5.94. The van der Waals surface area contributed by atoms with Gasteiger partial charge in [-0.1, -0.05) is 0 Å². The van der Waals surface area contributed by atoms with E-state index in [1.807, 2.05) is 0 Å². The van der Waals surface area contributed by atoms with Crippen LogP contribution in [0.2, 0.25) is 0 Å². The first-order chi connectivity index (χ1) is 12.2. The van der Waals surface area contributed by atoms with Crippen molar-refractivity contribution in [1.29, 1.82) is 0 Å². The Morgan fingerprint density at radius 1 is 0.621 bits per heavy atom. The van der Waals surface area contributed by atoms with Crippen LogP contribution in [0.25, 0.3) is 0 Å². The van der Waals surface area contributed by atoms with Gasteiger partial charge < -0.3 is 70.9 Å². The number of aliphatic carboxylic acids is 3. The number of carboxylic acid groups (broad SMARTS) is 3. The van der Waals surface area contributed by atoms with Gasteiger partial charge in [-0.15, -0.1) is 0 Å². The predicted molar refractivity (Wildman–Crippen MR) is 72.8 cm³/mol. The topological polar surface area (TPSA) is 300 Å². The van der Waals surface area contributed by atoms with E-state index in [9.17, 15) is 24.6 Å². The average molecular weight is 450 g/mol. The van der Waals surface area contributed by atoms with Crippen molar-refractivity contribution < 1.29 is 135 Å². The number of carboxylic acids is 3. The summed E-state index contributed by atoms with van der Waals surface area (Å²) in [7, 11) is 0. The zero-order valence-electron chi connectivity index (χ0n) is 15.3. The van der Waals surface area contributed by atoms with E-state index in [-0.39, 0.29) is 59.1 Å². The number of hydrogen-bond donors (Lipinski definition) is 10. The third kappa shape index (κ3) is 13.1. The molecule has 0 aliphatic heterocycles. The third-order valence-corrected chi connectivity index (χ3v) is 2.99. The fourth-order valence-electron chi connectivity index (χ4n) is 1.32. The van der Waals surface area contributed by atoms with Gasteiger partial charge in [-0.2, -0.15) is 0 Å². The zero-order valence-corrected chi connectivity index (χ0v) is 19.3. The normalized spacial score (nSPS) is 18.5. The Balaban J connectivity index is -0.000000202. The summed E-state index contributed by atoms with van der Waals surface area (Å²) in [5, 5.41) is 107. The third-order valence-electron chi connectivity index (χ3n) is 2.99. The minimum atomic E-state index is -2.50. The number of rotatable bonds is 10. The molecule has 0 saturated heterocycles. The minimum absolute atomic E-state index is 0. The van der Waals surface area contributed by atoms with E-state index in [1.165, 1.54) is 0 Å². The van der Waals surface area contributed by atoms with Crippen LogP contribution in [0.15, 0.2) is 0 Å². The fourth-order valence-corrected chi connectivity index (χ4v) is 1.32. The number of aliphatic hydroxyl groups is 9. The van der Waals surface area contributed by atoms with Crippen molar-refractivity contribution in [2.45, 2.75) is 48.8 Å². The second-order valence-corrected chi connectivity index (χ2v) is 5.02. The molecule has 0 amide bonds. The average Bonchev–Trinajstić information content (AvgIpc) is 2.62. The SMILES string of the molecule is O=C(O)C(O)C(O)C(O)C(O)CO.O=C([O-])C(O)C(O)C(O)C(O)C(=O)[O-].[Na+].[Na+]. The number of hydrogen-bond acceptors (Lipinski definition) is 14. The molecule has 0 aliphatic rings. The molecule has 0 saturated carbocycles. The molecule has 8 atom stereocenters. The second kappa shape index (κ2) is 17.7. The van der Waals surface area contributed by atoms with Crippen LogP contribution in [0, 0.1) is 0 Å². The van der Waals surface area contributed by atoms with Crippen LogP contribution in [0.1, 0.15) is 0 Å². The maximum absolute atomic E-state index is 10.1. The fraction of sp³-hybridized carbons (Fsp3) is 0.750. The summed E-state index contributed by atoms with van der Waals surface area (Å²) in [6.45, 7) is -0.843. The molecule has 17 heteroatoms. The zero-order chi connectivity index (χ0) is 22.1. The van der Waals surface area contributed by atoms with Crippen molar-refractivity contribution in [3.8, 4) is 0 Å². The molecule has 15 nitrogen and oxygen atoms in total. The first-order valence-corrected chi connectivity index (χ1v) is 6.90. The Morgan fingerprint density at radius 3 is 1.10 bits per heavy atom. The Morgan fingerprint density at radius 2 is 0.897 bits per heavy atom. The molecule has 0 bridgehead atoms. The molecule has 160 valence electrons. The first-order valence-electron chi connectivity index (χ1n) is 6.90. The van der Waals surface area contributed by atoms with Gasteiger partial charge in [-0.3, -0.25) is 0 Å². The Hall–Kier alpha value is 0.0500. The second-order valence-electron chi connectivity index (χ2n) is 5.02. The smallest absolute Gasteiger partial charge is 0.547 e. The van der Waals surface area contributed by atoms with Gasteiger partial charge in [0, 0.05) is 0 Å². The van der Waals surface area contributed by atoms with Gasteiger partial charge in [0.1, 0.15) is 42.7 Å². The Kier molecular flexibility index (Phi) is 22.2. The van der Waals surface area contributed by atoms with Crippen LogP contribution in [0.5, 0.6) is 0 Å². The van der Waals surface area contributed by atoms with E-state index < -0.39 is 73.3 Å². The van der Waals surface area contributed by atoms with E-state index >= 15 is 0 Å². The van der Waals surface area contributed by atoms with Crippen LogP contribution in [0.4, 0.5) is 0 Å². The van der Waals surface area contributed by atoms with Gasteiger partial charge in [0.05, 0.1) is 18.5 Å². The molecular formula is C12H20Na2O15. The van der Waals surface area contributed by atoms with E-state index in [4.69, 9.17) is 51.1 Å². The first kappa shape index (κ1) is 36.4. The summed E-state index contributed by atoms with van der Waals surface area (Å²) < 4.78 is 0. The van der Waals surface area contributed by atoms with Gasteiger partial charge >= 0.3 is 65.1 Å². The number of carbonyl (C=O) groups is 3. The van der Waals surface area contributed by atoms with Gasteiger partial charge in [-0.25, -0.2) is 4.79 Å². The van der Waals surface area contributed by atoms with E-state index in [0.29, 0.717) is 0 Å². The minimum Gasteiger partial charge on any atom is -0.547 e. The largest absolute Gasteiger partial charge is 1.00 e. The molecule has 0 radical (unpaired) electrons. The standard InChI is InChI=1S/C6H10O8.C6H12O7.2Na/c7-1(3(9)5(11)12)2(8)4(10)6(13)14;7-1-2(8)3(9)4(10)5(11)6(12)13;;/h1-4,7-10H,(H,11,12)(H,13,14);2-5,7-11H,1H2,(H,12,13);;/q;;2*+1/p-2. The maximum atomic E-state index is 10.1. The molecule has 10 N–H and O–H groups in total. The molecule has 0 spiro atoms. The Labute approximate surface area is 207 Å². The molecule has 0 aliphatic carbocycles. The van der Waals surface area contributed by atoms with Crippen molar-refractivity contribution in [1.82, 2.24) is 0 Å². The van der Waals surface area contributed by atoms with Crippen molar-refractivity contribution in [2.24, 2.45) is 0 Å². The van der Waals surface area contributed by atoms with E-state index in [2.05, 4.69) is 0 Å². The van der Waals surface area contributed by atoms with Crippen LogP contribution in [-0.4, -0.2) is 124 Å². The predicted octanol–water partition coefficient (Wildman–Crippen LogP) is -15.6. The summed E-state index contributed by atoms with van der Waals surface area (Å²) >= 11 is 0. The maximum Gasteiger partial charge on any atom is 1.00 e. The number of aliphatic hydroxyl groups excluding tert-OH is 9. The van der Waals surface area contributed by atoms with Crippen LogP contribution in [-0.2, 0) is 14.4 Å². The molecular weight excluding hydrogens is 430 g/mol. The monoisotopic (exact) mass is 450 g/mol. The molecule has 0 rings (SSSR count). The van der Waals surface area contributed by atoms with Crippen molar-refractivity contribution in [3.05, 3.63) is 0 Å². The van der Waals surface area contributed by atoms with Crippen LogP contribution in [0.3, 0.4) is 0 Å². The molecule has 0 aromatic heterocycles. The summed E-state index contributed by atoms with van der Waals surface area (Å²) in [5.41, 5.74) is 0. The van der Waals surface area contributed by atoms with Crippen LogP contribution < -0.4 is 69.3 Å². The van der Waals surface area contributed by atoms with E-state index in [0.717, 1.165) is 0 Å². The Bertz CT molecular complexity index is 468. The molecule has 0 aromatic rings. The van der Waals surface area contributed by atoms with Crippen molar-refractivity contribution in [3.63, 3.8) is 0 Å². The van der Waals surface area contributed by atoms with Crippen LogP contribution >= 0.6 is 0 Å². The summed E-state index contributed by atoms with van der Waals surface area (Å²) in [6, 6.07) is 0. The molecule has 0 aromatic carbocycles. The van der Waals surface area contributed by atoms with Crippen molar-refractivity contribution in [2.75, 3.05) is 6.61 Å². The van der Waals surface area contributed by atoms with Gasteiger partial charge in [0.2, 0.25) is 0 Å². The molecule has 8 unspecified atom stereocenters. The molecule has 0 fully saturated rings. The quantitative estimate of drug-likeness (QED) is 0.138. The van der Waals surface area contributed by atoms with E-state index in [1.54, 1.807) is 0 Å². The molecule has 0 heterocycles. The number of carbonyl (C=O) groups excluding carboxylic acids is 2. The van der Waals surface area contributed by atoms with Gasteiger partial charge in [0.25, 0.3) is 0 Å². The summed E-state index contributed by atoms with van der Waals surface area (Å²) in [6.07, 6.45) is -17.6. The van der Waals surface area contributed by atoms with Gasteiger partial charge in [0.15, 0.2) is 6.10 Å². The summed E-state index contributed by atoms with van der Waals surface area (Å²) in [4.78, 5) is 30.0. The molecule has 29 heavy (non-hydrogen) atoms.